The Morgan fingerprint density at radius 2 is 1.95 bits per heavy atom. The topological polar surface area (TPSA) is 93.7 Å². The maximum Gasteiger partial charge on any atom is 0.349 e. The number of fused-ring (bicyclic) bond motifs is 2. The minimum atomic E-state index is -1.34. The molecule has 3 aliphatic rings. The second-order valence-electron chi connectivity index (χ2n) is 10.7. The van der Waals surface area contributed by atoms with Gasteiger partial charge in [0.05, 0.1) is 12.6 Å². The van der Waals surface area contributed by atoms with Crippen molar-refractivity contribution in [3.8, 4) is 5.75 Å². The molecule has 1 saturated heterocycles. The molecule has 210 valence electrons. The van der Waals surface area contributed by atoms with Gasteiger partial charge in [0.15, 0.2) is 5.60 Å². The van der Waals surface area contributed by atoms with E-state index in [1.807, 2.05) is 30.4 Å². The van der Waals surface area contributed by atoms with E-state index in [1.165, 1.54) is 0 Å². The van der Waals surface area contributed by atoms with Gasteiger partial charge in [-0.25, -0.2) is 4.79 Å². The highest BCUT2D eigenvalue weighted by atomic mass is 79.9. The Labute approximate surface area is 251 Å². The molecule has 1 aliphatic carbocycles. The average molecular weight is 648 g/mol. The number of piperidine rings is 1. The van der Waals surface area contributed by atoms with Gasteiger partial charge in [-0.05, 0) is 81.0 Å². The Bertz CT molecular complexity index is 1460. The Morgan fingerprint density at radius 1 is 1.18 bits per heavy atom. The predicted octanol–water partition coefficient (Wildman–Crippen LogP) is 6.59. The number of rotatable bonds is 6. The van der Waals surface area contributed by atoms with Crippen LogP contribution in [0.25, 0.3) is 0 Å². The summed E-state index contributed by atoms with van der Waals surface area (Å²) in [7, 11) is 0. The normalized spacial score (nSPS) is 25.6. The highest BCUT2D eigenvalue weighted by Crippen LogP contribution is 2.58. The van der Waals surface area contributed by atoms with Crippen LogP contribution in [-0.4, -0.2) is 30.0 Å². The van der Waals surface area contributed by atoms with Crippen molar-refractivity contribution in [2.75, 3.05) is 11.9 Å². The van der Waals surface area contributed by atoms with Crippen molar-refractivity contribution >= 4 is 62.6 Å². The molecular formula is C30H29BrCl2N2O5. The molecule has 7 nitrogen and oxygen atoms in total. The molecule has 2 N–H and O–H groups in total. The summed E-state index contributed by atoms with van der Waals surface area (Å²) < 4.78 is 12.2. The SMILES string of the molecule is CCOC(=O)C(C)(C)Oc1ccc(Br)cc1[C@H]1NC(=O)C[C@@H](C2C=C(Cl)C=CC2)[C@]12C(=O)Nc1cc(Cl)ccc12. The number of esters is 1. The first-order valence-corrected chi connectivity index (χ1v) is 14.6. The van der Waals surface area contributed by atoms with Gasteiger partial charge in [0, 0.05) is 32.2 Å². The molecule has 40 heavy (non-hydrogen) atoms. The van der Waals surface area contributed by atoms with Gasteiger partial charge in [-0.2, -0.15) is 0 Å². The smallest absolute Gasteiger partial charge is 0.349 e. The summed E-state index contributed by atoms with van der Waals surface area (Å²) in [6.45, 7) is 5.17. The Kier molecular flexibility index (Phi) is 7.81. The minimum Gasteiger partial charge on any atom is -0.476 e. The molecule has 1 fully saturated rings. The van der Waals surface area contributed by atoms with Crippen LogP contribution in [0.3, 0.4) is 0 Å². The van der Waals surface area contributed by atoms with Crippen LogP contribution in [0.4, 0.5) is 5.69 Å². The number of halogens is 3. The monoisotopic (exact) mass is 646 g/mol. The van der Waals surface area contributed by atoms with Gasteiger partial charge in [-0.15, -0.1) is 0 Å². The Hall–Kier alpha value is -2.81. The molecule has 2 aliphatic heterocycles. The van der Waals surface area contributed by atoms with Gasteiger partial charge in [-0.3, -0.25) is 9.59 Å². The first-order chi connectivity index (χ1) is 19.0. The molecule has 1 unspecified atom stereocenters. The molecule has 0 bridgehead atoms. The van der Waals surface area contributed by atoms with Crippen LogP contribution in [0.2, 0.25) is 5.02 Å². The molecule has 5 rings (SSSR count). The van der Waals surface area contributed by atoms with Gasteiger partial charge >= 0.3 is 5.97 Å². The van der Waals surface area contributed by atoms with Crippen LogP contribution in [0.1, 0.15) is 50.8 Å². The highest BCUT2D eigenvalue weighted by molar-refractivity contribution is 9.10. The summed E-state index contributed by atoms with van der Waals surface area (Å²) >= 11 is 16.3. The van der Waals surface area contributed by atoms with Crippen LogP contribution in [0, 0.1) is 11.8 Å². The van der Waals surface area contributed by atoms with Crippen molar-refractivity contribution in [3.05, 3.63) is 80.3 Å². The van der Waals surface area contributed by atoms with Gasteiger partial charge in [0.1, 0.15) is 11.2 Å². The third-order valence-corrected chi connectivity index (χ3v) is 8.77. The standard InChI is InChI=1S/C30H29BrCl2N2O5/c1-4-39-28(38)29(2,3)40-24-11-8-17(31)13-20(24)26-30(21-10-9-19(33)14-23(21)34-27(30)37)22(15-25(36)35-26)16-6-5-7-18(32)12-16/h5,7-14,16,22,26H,4,6,15H2,1-3H3,(H,34,37)(H,35,36)/t16?,22-,26+,30-/m0/s1. The number of nitrogens with one attached hydrogen (secondary N) is 2. The molecule has 2 heterocycles. The van der Waals surface area contributed by atoms with Crippen molar-refractivity contribution in [2.45, 2.75) is 50.7 Å². The van der Waals surface area contributed by atoms with Crippen molar-refractivity contribution in [1.82, 2.24) is 5.32 Å². The van der Waals surface area contributed by atoms with E-state index in [1.54, 1.807) is 45.0 Å². The maximum atomic E-state index is 14.3. The predicted molar refractivity (Wildman–Crippen MR) is 157 cm³/mol. The third-order valence-electron chi connectivity index (χ3n) is 7.79. The zero-order valence-corrected chi connectivity index (χ0v) is 25.3. The fraction of sp³-hybridized carbons (Fsp3) is 0.367. The van der Waals surface area contributed by atoms with E-state index >= 15 is 0 Å². The van der Waals surface area contributed by atoms with Crippen LogP contribution in [0.15, 0.2) is 64.1 Å². The van der Waals surface area contributed by atoms with Crippen LogP contribution >= 0.6 is 39.1 Å². The number of carbonyl (C=O) groups is 3. The number of hydrogen-bond donors (Lipinski definition) is 2. The Morgan fingerprint density at radius 3 is 2.67 bits per heavy atom. The quantitative estimate of drug-likeness (QED) is 0.345. The van der Waals surface area contributed by atoms with Gasteiger partial charge in [0.2, 0.25) is 11.8 Å². The first-order valence-electron chi connectivity index (χ1n) is 13.1. The Balaban J connectivity index is 1.73. The number of anilines is 1. The van der Waals surface area contributed by atoms with Crippen molar-refractivity contribution < 1.29 is 23.9 Å². The van der Waals surface area contributed by atoms with Crippen molar-refractivity contribution in [3.63, 3.8) is 0 Å². The van der Waals surface area contributed by atoms with Crippen LogP contribution in [0.5, 0.6) is 5.75 Å². The fourth-order valence-corrected chi connectivity index (χ4v) is 6.91. The molecular weight excluding hydrogens is 619 g/mol. The first kappa shape index (κ1) is 28.7. The average Bonchev–Trinajstić information content (AvgIpc) is 3.17. The molecule has 4 atom stereocenters. The summed E-state index contributed by atoms with van der Waals surface area (Å²) in [5.74, 6) is -1.28. The summed E-state index contributed by atoms with van der Waals surface area (Å²) in [5.41, 5.74) is -0.702. The molecule has 0 aromatic heterocycles. The lowest BCUT2D eigenvalue weighted by Gasteiger charge is -2.49. The second kappa shape index (κ2) is 10.9. The molecule has 10 heteroatoms. The third kappa shape index (κ3) is 4.95. The van der Waals surface area contributed by atoms with E-state index in [0.29, 0.717) is 37.9 Å². The highest BCUT2D eigenvalue weighted by Gasteiger charge is 2.62. The van der Waals surface area contributed by atoms with Crippen LogP contribution in [-0.2, 0) is 24.5 Å². The largest absolute Gasteiger partial charge is 0.476 e. The summed E-state index contributed by atoms with van der Waals surface area (Å²) in [6, 6.07) is 9.79. The molecule has 1 spiro atoms. The van der Waals surface area contributed by atoms with E-state index in [4.69, 9.17) is 32.7 Å². The number of benzene rings is 2. The number of allylic oxidation sites excluding steroid dienone is 4. The lowest BCUT2D eigenvalue weighted by atomic mass is 9.57. The number of ether oxygens (including phenoxy) is 2. The van der Waals surface area contributed by atoms with E-state index in [9.17, 15) is 14.4 Å². The number of amides is 2. The van der Waals surface area contributed by atoms with E-state index < -0.39 is 28.9 Å². The van der Waals surface area contributed by atoms with Crippen molar-refractivity contribution in [1.29, 1.82) is 0 Å². The lowest BCUT2D eigenvalue weighted by Crippen LogP contribution is -2.59. The zero-order valence-electron chi connectivity index (χ0n) is 22.2. The van der Waals surface area contributed by atoms with E-state index in [2.05, 4.69) is 26.6 Å². The number of carbonyl (C=O) groups excluding carboxylic acids is 3. The van der Waals surface area contributed by atoms with Gasteiger partial charge < -0.3 is 20.1 Å². The summed E-state index contributed by atoms with van der Waals surface area (Å²) in [4.78, 5) is 40.5. The number of hydrogen-bond acceptors (Lipinski definition) is 5. The van der Waals surface area contributed by atoms with Crippen molar-refractivity contribution in [2.24, 2.45) is 11.8 Å². The molecule has 2 aromatic carbocycles. The van der Waals surface area contributed by atoms with E-state index in [0.717, 1.165) is 5.56 Å². The zero-order chi connectivity index (χ0) is 28.8. The van der Waals surface area contributed by atoms with Gasteiger partial charge in [-0.1, -0.05) is 57.4 Å². The molecule has 2 aromatic rings. The maximum absolute atomic E-state index is 14.3. The van der Waals surface area contributed by atoms with E-state index in [-0.39, 0.29) is 30.8 Å². The van der Waals surface area contributed by atoms with Gasteiger partial charge in [0.25, 0.3) is 0 Å². The summed E-state index contributed by atoms with van der Waals surface area (Å²) in [6.07, 6.45) is 6.45. The molecule has 0 saturated carbocycles. The molecule has 2 amide bonds. The second-order valence-corrected chi connectivity index (χ2v) is 12.5. The summed E-state index contributed by atoms with van der Waals surface area (Å²) in [5, 5.41) is 7.20. The minimum absolute atomic E-state index is 0.115. The lowest BCUT2D eigenvalue weighted by molar-refractivity contribution is -0.158. The van der Waals surface area contributed by atoms with Crippen LogP contribution < -0.4 is 15.4 Å². The fourth-order valence-electron chi connectivity index (χ4n) is 6.11. The molecule has 0 radical (unpaired) electrons.